The first-order valence-electron chi connectivity index (χ1n) is 5.44. The zero-order valence-electron chi connectivity index (χ0n) is 9.33. The molecule has 15 heavy (non-hydrogen) atoms. The van der Waals surface area contributed by atoms with E-state index in [1.807, 2.05) is 0 Å². The van der Waals surface area contributed by atoms with Crippen LogP contribution in [0, 0.1) is 17.2 Å². The Morgan fingerprint density at radius 2 is 2.20 bits per heavy atom. The van der Waals surface area contributed by atoms with Gasteiger partial charge >= 0.3 is 5.97 Å². The quantitative estimate of drug-likeness (QED) is 0.571. The van der Waals surface area contributed by atoms with E-state index >= 15 is 0 Å². The van der Waals surface area contributed by atoms with Gasteiger partial charge in [-0.25, -0.2) is 4.79 Å². The maximum atomic E-state index is 9.61. The van der Waals surface area contributed by atoms with Crippen LogP contribution in [-0.4, -0.2) is 11.1 Å². The summed E-state index contributed by atoms with van der Waals surface area (Å²) in [5, 5.41) is 15.6. The number of carboxylic acid groups (broad SMARTS) is 1. The minimum Gasteiger partial charge on any atom is -0.477 e. The molecule has 1 aliphatic carbocycles. The highest BCUT2D eigenvalue weighted by Gasteiger charge is 2.15. The van der Waals surface area contributed by atoms with Crippen LogP contribution in [-0.2, 0) is 4.79 Å². The minimum atomic E-state index is -1.26. The lowest BCUT2D eigenvalue weighted by molar-refractivity contribution is -0.132. The van der Waals surface area contributed by atoms with Crippen LogP contribution >= 0.6 is 0 Å². The number of carbonyl (C=O) groups is 1. The minimum absolute atomic E-state index is 0.431. The fourth-order valence-electron chi connectivity index (χ4n) is 1.32. The Kier molecular flexibility index (Phi) is 7.35. The molecular weight excluding hydrogens is 190 g/mol. The monoisotopic (exact) mass is 209 g/mol. The van der Waals surface area contributed by atoms with Crippen LogP contribution in [0.2, 0.25) is 0 Å². The molecule has 1 aliphatic rings. The third kappa shape index (κ3) is 6.73. The Hall–Kier alpha value is -1.30. The van der Waals surface area contributed by atoms with Crippen LogP contribution < -0.4 is 0 Å². The molecule has 0 aromatic rings. The second-order valence-electron chi connectivity index (χ2n) is 3.83. The molecule has 0 aromatic carbocycles. The summed E-state index contributed by atoms with van der Waals surface area (Å²) in [5.41, 5.74) is -0.431. The average molecular weight is 209 g/mol. The zero-order valence-corrected chi connectivity index (χ0v) is 9.33. The van der Waals surface area contributed by atoms with E-state index in [0.717, 1.165) is 5.92 Å². The van der Waals surface area contributed by atoms with Crippen molar-refractivity contribution in [3.63, 3.8) is 0 Å². The van der Waals surface area contributed by atoms with Gasteiger partial charge in [-0.2, -0.15) is 5.26 Å². The van der Waals surface area contributed by atoms with Gasteiger partial charge in [-0.05, 0) is 5.92 Å². The van der Waals surface area contributed by atoms with Gasteiger partial charge in [0.1, 0.15) is 11.6 Å². The molecule has 3 heteroatoms. The number of nitriles is 1. The van der Waals surface area contributed by atoms with Gasteiger partial charge in [-0.15, -0.1) is 0 Å². The third-order valence-corrected chi connectivity index (χ3v) is 2.58. The lowest BCUT2D eigenvalue weighted by Crippen LogP contribution is -2.09. The number of hydrogen-bond acceptors (Lipinski definition) is 2. The third-order valence-electron chi connectivity index (χ3n) is 2.58. The van der Waals surface area contributed by atoms with Gasteiger partial charge in [0, 0.05) is 0 Å². The average Bonchev–Trinajstić information content (AvgIpc) is 2.15. The highest BCUT2D eigenvalue weighted by atomic mass is 16.4. The van der Waals surface area contributed by atoms with Crippen molar-refractivity contribution in [2.24, 2.45) is 5.92 Å². The van der Waals surface area contributed by atoms with Crippen molar-refractivity contribution in [2.75, 3.05) is 0 Å². The Morgan fingerprint density at radius 3 is 2.40 bits per heavy atom. The van der Waals surface area contributed by atoms with Gasteiger partial charge in [0.15, 0.2) is 0 Å². The molecule has 0 bridgehead atoms. The molecule has 0 saturated heterocycles. The van der Waals surface area contributed by atoms with Crippen molar-refractivity contribution in [1.82, 2.24) is 0 Å². The smallest absolute Gasteiger partial charge is 0.345 e. The standard InChI is InChI=1S/C8H16.C4H3NO2/c1-2-3-5-8-6-4-7-8;1-3(2-5)4(6)7/h8H,2-7H2,1H3;1H2,(H,6,7). The van der Waals surface area contributed by atoms with Crippen LogP contribution in [0.25, 0.3) is 0 Å². The zero-order chi connectivity index (χ0) is 11.7. The summed E-state index contributed by atoms with van der Waals surface area (Å²) in [7, 11) is 0. The normalized spacial score (nSPS) is 14.1. The van der Waals surface area contributed by atoms with Gasteiger partial charge in [-0.1, -0.05) is 52.0 Å². The van der Waals surface area contributed by atoms with E-state index in [4.69, 9.17) is 10.4 Å². The first kappa shape index (κ1) is 13.7. The Bertz CT molecular complexity index is 249. The van der Waals surface area contributed by atoms with Crippen LogP contribution in [0.15, 0.2) is 12.2 Å². The summed E-state index contributed by atoms with van der Waals surface area (Å²) < 4.78 is 0. The summed E-state index contributed by atoms with van der Waals surface area (Å²) in [5.74, 6) is -0.127. The van der Waals surface area contributed by atoms with Gasteiger partial charge in [-0.3, -0.25) is 0 Å². The first-order valence-corrected chi connectivity index (χ1v) is 5.44. The second-order valence-corrected chi connectivity index (χ2v) is 3.83. The molecule has 0 aromatic heterocycles. The maximum absolute atomic E-state index is 9.61. The highest BCUT2D eigenvalue weighted by Crippen LogP contribution is 2.30. The van der Waals surface area contributed by atoms with E-state index in [1.54, 1.807) is 0 Å². The first-order chi connectivity index (χ1) is 7.11. The topological polar surface area (TPSA) is 61.1 Å². The highest BCUT2D eigenvalue weighted by molar-refractivity contribution is 5.90. The number of aliphatic carboxylic acids is 1. The number of unbranched alkanes of at least 4 members (excludes halogenated alkanes) is 1. The molecule has 3 nitrogen and oxygen atoms in total. The summed E-state index contributed by atoms with van der Waals surface area (Å²) >= 11 is 0. The molecule has 1 N–H and O–H groups in total. The molecule has 0 radical (unpaired) electrons. The van der Waals surface area contributed by atoms with Crippen molar-refractivity contribution in [3.8, 4) is 6.07 Å². The fourth-order valence-corrected chi connectivity index (χ4v) is 1.32. The molecule has 0 amide bonds. The molecule has 0 spiro atoms. The van der Waals surface area contributed by atoms with E-state index in [2.05, 4.69) is 13.5 Å². The van der Waals surface area contributed by atoms with E-state index in [-0.39, 0.29) is 0 Å². The van der Waals surface area contributed by atoms with E-state index < -0.39 is 11.5 Å². The van der Waals surface area contributed by atoms with Gasteiger partial charge in [0.05, 0.1) is 0 Å². The lowest BCUT2D eigenvalue weighted by Gasteiger charge is -2.24. The van der Waals surface area contributed by atoms with Gasteiger partial charge < -0.3 is 5.11 Å². The molecule has 1 fully saturated rings. The number of hydrogen-bond donors (Lipinski definition) is 1. The summed E-state index contributed by atoms with van der Waals surface area (Å²) in [6.07, 6.45) is 8.92. The Morgan fingerprint density at radius 1 is 1.60 bits per heavy atom. The fraction of sp³-hybridized carbons (Fsp3) is 0.667. The van der Waals surface area contributed by atoms with Crippen LogP contribution in [0.4, 0.5) is 0 Å². The number of nitrogens with zero attached hydrogens (tertiary/aromatic N) is 1. The Balaban J connectivity index is 0.000000265. The summed E-state index contributed by atoms with van der Waals surface area (Å²) in [6, 6.07) is 1.37. The number of carboxylic acids is 1. The van der Waals surface area contributed by atoms with Crippen molar-refractivity contribution < 1.29 is 9.90 Å². The summed E-state index contributed by atoms with van der Waals surface area (Å²) in [4.78, 5) is 9.61. The summed E-state index contributed by atoms with van der Waals surface area (Å²) in [6.45, 7) is 5.19. The van der Waals surface area contributed by atoms with Crippen LogP contribution in [0.5, 0.6) is 0 Å². The Labute approximate surface area is 91.4 Å². The van der Waals surface area contributed by atoms with E-state index in [1.165, 1.54) is 44.6 Å². The molecular formula is C12H19NO2. The predicted octanol–water partition coefficient (Wildman–Crippen LogP) is 3.13. The van der Waals surface area contributed by atoms with Crippen molar-refractivity contribution in [3.05, 3.63) is 12.2 Å². The molecule has 0 unspecified atom stereocenters. The molecule has 0 heterocycles. The SMILES string of the molecule is C=C(C#N)C(=O)O.CCCCC1CCC1. The maximum Gasteiger partial charge on any atom is 0.345 e. The number of rotatable bonds is 4. The second kappa shape index (κ2) is 8.05. The van der Waals surface area contributed by atoms with Crippen molar-refractivity contribution in [2.45, 2.75) is 45.4 Å². The van der Waals surface area contributed by atoms with Crippen molar-refractivity contribution in [1.29, 1.82) is 5.26 Å². The predicted molar refractivity (Wildman–Crippen MR) is 59.3 cm³/mol. The van der Waals surface area contributed by atoms with E-state index in [9.17, 15) is 4.79 Å². The molecule has 1 saturated carbocycles. The van der Waals surface area contributed by atoms with Gasteiger partial charge in [0.2, 0.25) is 0 Å². The van der Waals surface area contributed by atoms with Gasteiger partial charge in [0.25, 0.3) is 0 Å². The van der Waals surface area contributed by atoms with E-state index in [0.29, 0.717) is 0 Å². The van der Waals surface area contributed by atoms with Crippen LogP contribution in [0.1, 0.15) is 45.4 Å². The molecule has 0 aliphatic heterocycles. The lowest BCUT2D eigenvalue weighted by atomic mass is 9.82. The van der Waals surface area contributed by atoms with Crippen LogP contribution in [0.3, 0.4) is 0 Å². The molecule has 0 atom stereocenters. The largest absolute Gasteiger partial charge is 0.477 e. The molecule has 84 valence electrons. The van der Waals surface area contributed by atoms with Crippen molar-refractivity contribution >= 4 is 5.97 Å². The molecule has 1 rings (SSSR count).